The second kappa shape index (κ2) is 7.31. The number of aliphatic hydroxyl groups excluding tert-OH is 1. The number of hydrogen-bond acceptors (Lipinski definition) is 5. The van der Waals surface area contributed by atoms with E-state index in [0.29, 0.717) is 11.3 Å². The number of hydrogen-bond donors (Lipinski definition) is 3. The molecule has 0 bridgehead atoms. The number of methoxy groups -OCH3 is 1. The highest BCUT2D eigenvalue weighted by molar-refractivity contribution is 5.97. The number of ether oxygens (including phenoxy) is 1. The van der Waals surface area contributed by atoms with Crippen molar-refractivity contribution in [3.8, 4) is 0 Å². The Labute approximate surface area is 126 Å². The molecule has 0 aliphatic carbocycles. The second-order valence-corrected chi connectivity index (χ2v) is 6.09. The Hall–Kier alpha value is -1.75. The average molecular weight is 294 g/mol. The van der Waals surface area contributed by atoms with Crippen LogP contribution < -0.4 is 11.1 Å². The minimum absolute atomic E-state index is 0.0590. The molecule has 5 nitrogen and oxygen atoms in total. The molecule has 0 heterocycles. The van der Waals surface area contributed by atoms with Gasteiger partial charge in [-0.3, -0.25) is 0 Å². The smallest absolute Gasteiger partial charge is 0.340 e. The van der Waals surface area contributed by atoms with Crippen LogP contribution in [0.2, 0.25) is 0 Å². The molecule has 1 rings (SSSR count). The average Bonchev–Trinajstić information content (AvgIpc) is 2.45. The maximum absolute atomic E-state index is 11.7. The van der Waals surface area contributed by atoms with Crippen molar-refractivity contribution >= 4 is 17.3 Å². The molecule has 0 aromatic heterocycles. The van der Waals surface area contributed by atoms with E-state index in [4.69, 9.17) is 15.6 Å². The monoisotopic (exact) mass is 294 g/mol. The maximum Gasteiger partial charge on any atom is 0.340 e. The number of aliphatic hydroxyl groups is 1. The molecule has 0 saturated heterocycles. The number of anilines is 2. The first kappa shape index (κ1) is 17.3. The van der Waals surface area contributed by atoms with Crippen molar-refractivity contribution in [2.24, 2.45) is 5.41 Å². The molecule has 21 heavy (non-hydrogen) atoms. The zero-order valence-corrected chi connectivity index (χ0v) is 13.3. The van der Waals surface area contributed by atoms with Crippen molar-refractivity contribution < 1.29 is 14.6 Å². The lowest BCUT2D eigenvalue weighted by Crippen LogP contribution is -2.23. The number of carbonyl (C=O) groups excluding carboxylic acids is 1. The number of nitrogens with two attached hydrogens (primary N) is 1. The van der Waals surface area contributed by atoms with Gasteiger partial charge in [-0.1, -0.05) is 13.8 Å². The number of esters is 1. The van der Waals surface area contributed by atoms with Crippen LogP contribution in [0.5, 0.6) is 0 Å². The zero-order valence-electron chi connectivity index (χ0n) is 13.3. The molecular weight excluding hydrogens is 268 g/mol. The third-order valence-corrected chi connectivity index (χ3v) is 3.57. The van der Waals surface area contributed by atoms with Gasteiger partial charge in [-0.25, -0.2) is 4.79 Å². The molecule has 0 spiro atoms. The first-order chi connectivity index (χ1) is 9.80. The van der Waals surface area contributed by atoms with E-state index in [2.05, 4.69) is 19.2 Å². The Morgan fingerprint density at radius 3 is 2.67 bits per heavy atom. The Bertz CT molecular complexity index is 499. The summed E-state index contributed by atoms with van der Waals surface area (Å²) < 4.78 is 4.75. The standard InChI is InChI=1S/C16H26N2O3/c1-11-8-12(9-13(14(11)17)15(20)21-4)18-10-16(2,3)6-5-7-19/h8-9,18-19H,5-7,10,17H2,1-4H3. The summed E-state index contributed by atoms with van der Waals surface area (Å²) in [5.74, 6) is -0.432. The summed E-state index contributed by atoms with van der Waals surface area (Å²) >= 11 is 0. The van der Waals surface area contributed by atoms with Crippen molar-refractivity contribution in [1.82, 2.24) is 0 Å². The third kappa shape index (κ3) is 4.93. The predicted molar refractivity (Wildman–Crippen MR) is 85.5 cm³/mol. The predicted octanol–water partition coefficient (Wildman–Crippen LogP) is 2.57. The molecule has 0 amide bonds. The number of rotatable bonds is 7. The first-order valence-electron chi connectivity index (χ1n) is 7.14. The van der Waals surface area contributed by atoms with Gasteiger partial charge in [0.25, 0.3) is 0 Å². The SMILES string of the molecule is COC(=O)c1cc(NCC(C)(C)CCCO)cc(C)c1N. The van der Waals surface area contributed by atoms with Crippen LogP contribution in [0.25, 0.3) is 0 Å². The zero-order chi connectivity index (χ0) is 16.0. The summed E-state index contributed by atoms with van der Waals surface area (Å²) in [6, 6.07) is 3.64. The highest BCUT2D eigenvalue weighted by Crippen LogP contribution is 2.26. The maximum atomic E-state index is 11.7. The fourth-order valence-corrected chi connectivity index (χ4v) is 2.17. The largest absolute Gasteiger partial charge is 0.465 e. The van der Waals surface area contributed by atoms with Crippen molar-refractivity contribution in [3.63, 3.8) is 0 Å². The van der Waals surface area contributed by atoms with E-state index in [9.17, 15) is 4.79 Å². The second-order valence-electron chi connectivity index (χ2n) is 6.09. The molecule has 1 aromatic rings. The highest BCUT2D eigenvalue weighted by atomic mass is 16.5. The van der Waals surface area contributed by atoms with Crippen LogP contribution in [0.4, 0.5) is 11.4 Å². The topological polar surface area (TPSA) is 84.6 Å². The van der Waals surface area contributed by atoms with Gasteiger partial charge >= 0.3 is 5.97 Å². The van der Waals surface area contributed by atoms with E-state index < -0.39 is 5.97 Å². The van der Waals surface area contributed by atoms with Crippen molar-refractivity contribution in [3.05, 3.63) is 23.3 Å². The molecule has 0 atom stereocenters. The van der Waals surface area contributed by atoms with Crippen molar-refractivity contribution in [2.45, 2.75) is 33.6 Å². The van der Waals surface area contributed by atoms with Crippen LogP contribution in [0.3, 0.4) is 0 Å². The summed E-state index contributed by atoms with van der Waals surface area (Å²) in [4.78, 5) is 11.7. The van der Waals surface area contributed by atoms with Gasteiger partial charge in [-0.05, 0) is 42.9 Å². The van der Waals surface area contributed by atoms with E-state index in [-0.39, 0.29) is 12.0 Å². The van der Waals surface area contributed by atoms with Crippen molar-refractivity contribution in [1.29, 1.82) is 0 Å². The summed E-state index contributed by atoms with van der Waals surface area (Å²) in [6.45, 7) is 7.10. The van der Waals surface area contributed by atoms with Gasteiger partial charge in [0.1, 0.15) is 0 Å². The van der Waals surface area contributed by atoms with Crippen LogP contribution in [-0.2, 0) is 4.74 Å². The minimum Gasteiger partial charge on any atom is -0.465 e. The van der Waals surface area contributed by atoms with Crippen LogP contribution in [-0.4, -0.2) is 31.3 Å². The molecule has 0 unspecified atom stereocenters. The van der Waals surface area contributed by atoms with E-state index in [1.807, 2.05) is 13.0 Å². The third-order valence-electron chi connectivity index (χ3n) is 3.57. The number of aryl methyl sites for hydroxylation is 1. The van der Waals surface area contributed by atoms with E-state index in [1.54, 1.807) is 6.07 Å². The van der Waals surface area contributed by atoms with Crippen molar-refractivity contribution in [2.75, 3.05) is 31.3 Å². The van der Waals surface area contributed by atoms with E-state index in [0.717, 1.165) is 30.6 Å². The Kier molecular flexibility index (Phi) is 6.03. The molecular formula is C16H26N2O3. The summed E-state index contributed by atoms with van der Waals surface area (Å²) in [6.07, 6.45) is 1.71. The molecule has 0 radical (unpaired) electrons. The van der Waals surface area contributed by atoms with Crippen LogP contribution in [0.1, 0.15) is 42.6 Å². The Balaban J connectivity index is 2.85. The van der Waals surface area contributed by atoms with Gasteiger partial charge in [-0.15, -0.1) is 0 Å². The van der Waals surface area contributed by atoms with Gasteiger partial charge in [0.15, 0.2) is 0 Å². The minimum atomic E-state index is -0.432. The number of carbonyl (C=O) groups is 1. The molecule has 0 fully saturated rings. The van der Waals surface area contributed by atoms with Gasteiger partial charge in [0.05, 0.1) is 12.7 Å². The number of nitrogen functional groups attached to an aromatic ring is 1. The summed E-state index contributed by atoms with van der Waals surface area (Å²) in [5, 5.41) is 12.3. The lowest BCUT2D eigenvalue weighted by Gasteiger charge is -2.25. The highest BCUT2D eigenvalue weighted by Gasteiger charge is 2.18. The lowest BCUT2D eigenvalue weighted by atomic mass is 9.88. The number of nitrogens with one attached hydrogen (secondary N) is 1. The fourth-order valence-electron chi connectivity index (χ4n) is 2.17. The van der Waals surface area contributed by atoms with Crippen LogP contribution in [0.15, 0.2) is 12.1 Å². The summed E-state index contributed by atoms with van der Waals surface area (Å²) in [7, 11) is 1.34. The quantitative estimate of drug-likeness (QED) is 0.531. The van der Waals surface area contributed by atoms with Gasteiger partial charge in [-0.2, -0.15) is 0 Å². The van der Waals surface area contributed by atoms with Gasteiger partial charge in [0, 0.05) is 24.5 Å². The molecule has 1 aromatic carbocycles. The number of benzene rings is 1. The molecule has 4 N–H and O–H groups in total. The molecule has 118 valence electrons. The Morgan fingerprint density at radius 1 is 1.43 bits per heavy atom. The lowest BCUT2D eigenvalue weighted by molar-refractivity contribution is 0.0602. The normalized spacial score (nSPS) is 11.3. The van der Waals surface area contributed by atoms with Crippen LogP contribution >= 0.6 is 0 Å². The van der Waals surface area contributed by atoms with Gasteiger partial charge < -0.3 is 20.9 Å². The summed E-state index contributed by atoms with van der Waals surface area (Å²) in [5.41, 5.74) is 8.50. The molecule has 0 aliphatic rings. The molecule has 5 heteroatoms. The molecule has 0 saturated carbocycles. The van der Waals surface area contributed by atoms with E-state index >= 15 is 0 Å². The first-order valence-corrected chi connectivity index (χ1v) is 7.14. The Morgan fingerprint density at radius 2 is 2.10 bits per heavy atom. The van der Waals surface area contributed by atoms with E-state index in [1.165, 1.54) is 7.11 Å². The van der Waals surface area contributed by atoms with Gasteiger partial charge in [0.2, 0.25) is 0 Å². The fraction of sp³-hybridized carbons (Fsp3) is 0.562. The molecule has 0 aliphatic heterocycles. The van der Waals surface area contributed by atoms with Crippen LogP contribution in [0, 0.1) is 12.3 Å².